The highest BCUT2D eigenvalue weighted by atomic mass is 35.5. The number of carboxylic acids is 1. The summed E-state index contributed by atoms with van der Waals surface area (Å²) in [5.41, 5.74) is 0.175. The van der Waals surface area contributed by atoms with Gasteiger partial charge < -0.3 is 15.7 Å². The number of carbonyl (C=O) groups is 2. The third-order valence-corrected chi connectivity index (χ3v) is 2.69. The first kappa shape index (κ1) is 14.3. The summed E-state index contributed by atoms with van der Waals surface area (Å²) < 4.78 is 0. The highest BCUT2D eigenvalue weighted by molar-refractivity contribution is 6.31. The van der Waals surface area contributed by atoms with Crippen molar-refractivity contribution in [2.45, 2.75) is 26.3 Å². The lowest BCUT2D eigenvalue weighted by Gasteiger charge is -2.13. The highest BCUT2D eigenvalue weighted by Gasteiger charge is 2.13. The summed E-state index contributed by atoms with van der Waals surface area (Å²) in [6.45, 7) is 3.80. The Balaban J connectivity index is 2.84. The Morgan fingerprint density at radius 3 is 2.67 bits per heavy atom. The Kier molecular flexibility index (Phi) is 4.97. The van der Waals surface area contributed by atoms with Gasteiger partial charge in [-0.05, 0) is 31.5 Å². The molecule has 5 nitrogen and oxygen atoms in total. The van der Waals surface area contributed by atoms with Crippen LogP contribution in [-0.2, 0) is 0 Å². The van der Waals surface area contributed by atoms with Crippen LogP contribution in [0.5, 0.6) is 0 Å². The Labute approximate surface area is 110 Å². The van der Waals surface area contributed by atoms with Crippen LogP contribution < -0.4 is 10.6 Å². The molecule has 1 aromatic carbocycles. The van der Waals surface area contributed by atoms with Gasteiger partial charge in [0.15, 0.2) is 0 Å². The van der Waals surface area contributed by atoms with E-state index in [1.54, 1.807) is 0 Å². The molecule has 1 atom stereocenters. The molecule has 0 aromatic heterocycles. The van der Waals surface area contributed by atoms with Crippen molar-refractivity contribution in [3.63, 3.8) is 0 Å². The van der Waals surface area contributed by atoms with E-state index < -0.39 is 12.0 Å². The zero-order valence-corrected chi connectivity index (χ0v) is 10.9. The standard InChI is InChI=1S/C12H15ClN2O3/c1-3-7(2)14-12(18)15-10-5-4-8(13)6-9(10)11(16)17/h4-7H,3H2,1-2H3,(H,16,17)(H2,14,15,18). The molecular formula is C12H15ClN2O3. The summed E-state index contributed by atoms with van der Waals surface area (Å²) in [5.74, 6) is -1.14. The van der Waals surface area contributed by atoms with Gasteiger partial charge in [-0.1, -0.05) is 18.5 Å². The second-order valence-electron chi connectivity index (χ2n) is 3.90. The van der Waals surface area contributed by atoms with Gasteiger partial charge in [-0.2, -0.15) is 0 Å². The van der Waals surface area contributed by atoms with Gasteiger partial charge in [0.1, 0.15) is 0 Å². The van der Waals surface area contributed by atoms with E-state index in [0.29, 0.717) is 5.02 Å². The summed E-state index contributed by atoms with van der Waals surface area (Å²) in [6, 6.07) is 3.86. The Hall–Kier alpha value is -1.75. The van der Waals surface area contributed by atoms with Crippen LogP contribution in [0.15, 0.2) is 18.2 Å². The SMILES string of the molecule is CCC(C)NC(=O)Nc1ccc(Cl)cc1C(=O)O. The second kappa shape index (κ2) is 6.26. The molecule has 0 aliphatic heterocycles. The fourth-order valence-electron chi connectivity index (χ4n) is 1.29. The molecule has 0 heterocycles. The normalized spacial score (nSPS) is 11.7. The monoisotopic (exact) mass is 270 g/mol. The van der Waals surface area contributed by atoms with Crippen LogP contribution in [0.4, 0.5) is 10.5 Å². The number of carbonyl (C=O) groups excluding carboxylic acids is 1. The Morgan fingerprint density at radius 2 is 2.11 bits per heavy atom. The predicted molar refractivity (Wildman–Crippen MR) is 70.3 cm³/mol. The topological polar surface area (TPSA) is 78.4 Å². The fraction of sp³-hybridized carbons (Fsp3) is 0.333. The molecule has 0 aliphatic rings. The molecule has 6 heteroatoms. The maximum Gasteiger partial charge on any atom is 0.337 e. The fourth-order valence-corrected chi connectivity index (χ4v) is 1.46. The lowest BCUT2D eigenvalue weighted by Crippen LogP contribution is -2.35. The van der Waals surface area contributed by atoms with Crippen molar-refractivity contribution in [1.82, 2.24) is 5.32 Å². The van der Waals surface area contributed by atoms with Crippen LogP contribution >= 0.6 is 11.6 Å². The number of nitrogens with one attached hydrogen (secondary N) is 2. The van der Waals surface area contributed by atoms with E-state index in [2.05, 4.69) is 10.6 Å². The van der Waals surface area contributed by atoms with Crippen molar-refractivity contribution in [1.29, 1.82) is 0 Å². The third-order valence-electron chi connectivity index (χ3n) is 2.45. The van der Waals surface area contributed by atoms with Gasteiger partial charge in [0.2, 0.25) is 0 Å². The van der Waals surface area contributed by atoms with E-state index >= 15 is 0 Å². The van der Waals surface area contributed by atoms with Gasteiger partial charge >= 0.3 is 12.0 Å². The first-order valence-electron chi connectivity index (χ1n) is 5.54. The van der Waals surface area contributed by atoms with E-state index in [-0.39, 0.29) is 17.3 Å². The van der Waals surface area contributed by atoms with Gasteiger partial charge in [-0.3, -0.25) is 0 Å². The van der Waals surface area contributed by atoms with Crippen LogP contribution in [0.2, 0.25) is 5.02 Å². The van der Waals surface area contributed by atoms with E-state index in [9.17, 15) is 9.59 Å². The van der Waals surface area contributed by atoms with Crippen molar-refractivity contribution < 1.29 is 14.7 Å². The maximum atomic E-state index is 11.6. The highest BCUT2D eigenvalue weighted by Crippen LogP contribution is 2.20. The lowest BCUT2D eigenvalue weighted by atomic mass is 10.2. The first-order valence-corrected chi connectivity index (χ1v) is 5.92. The zero-order chi connectivity index (χ0) is 13.7. The number of carboxylic acid groups (broad SMARTS) is 1. The Bertz CT molecular complexity index is 463. The molecular weight excluding hydrogens is 256 g/mol. The molecule has 0 saturated heterocycles. The molecule has 1 aromatic rings. The molecule has 0 bridgehead atoms. The molecule has 0 saturated carbocycles. The first-order chi connectivity index (χ1) is 8.43. The summed E-state index contributed by atoms with van der Waals surface area (Å²) >= 11 is 5.71. The number of hydrogen-bond donors (Lipinski definition) is 3. The minimum absolute atomic E-state index is 0.0191. The second-order valence-corrected chi connectivity index (χ2v) is 4.34. The number of halogens is 1. The lowest BCUT2D eigenvalue weighted by molar-refractivity contribution is 0.0698. The molecule has 0 spiro atoms. The van der Waals surface area contributed by atoms with Crippen molar-refractivity contribution in [3.8, 4) is 0 Å². The average molecular weight is 271 g/mol. The molecule has 0 aliphatic carbocycles. The van der Waals surface area contributed by atoms with Gasteiger partial charge in [0, 0.05) is 11.1 Å². The predicted octanol–water partition coefficient (Wildman–Crippen LogP) is 2.96. The minimum atomic E-state index is -1.14. The van der Waals surface area contributed by atoms with Crippen LogP contribution in [0, 0.1) is 0 Å². The largest absolute Gasteiger partial charge is 0.478 e. The van der Waals surface area contributed by atoms with Gasteiger partial charge in [-0.15, -0.1) is 0 Å². The summed E-state index contributed by atoms with van der Waals surface area (Å²) in [7, 11) is 0. The number of anilines is 1. The zero-order valence-electron chi connectivity index (χ0n) is 10.2. The van der Waals surface area contributed by atoms with Crippen LogP contribution in [-0.4, -0.2) is 23.1 Å². The number of aromatic carboxylic acids is 1. The Morgan fingerprint density at radius 1 is 1.44 bits per heavy atom. The van der Waals surface area contributed by atoms with Crippen molar-refractivity contribution >= 4 is 29.3 Å². The maximum absolute atomic E-state index is 11.6. The van der Waals surface area contributed by atoms with Crippen LogP contribution in [0.25, 0.3) is 0 Å². The van der Waals surface area contributed by atoms with Crippen LogP contribution in [0.1, 0.15) is 30.6 Å². The third kappa shape index (κ3) is 3.92. The van der Waals surface area contributed by atoms with Gasteiger partial charge in [0.25, 0.3) is 0 Å². The molecule has 0 fully saturated rings. The summed E-state index contributed by atoms with van der Waals surface area (Å²) in [4.78, 5) is 22.6. The summed E-state index contributed by atoms with van der Waals surface area (Å²) in [5, 5.41) is 14.5. The quantitative estimate of drug-likeness (QED) is 0.787. The number of rotatable bonds is 4. The molecule has 3 N–H and O–H groups in total. The number of amides is 2. The minimum Gasteiger partial charge on any atom is -0.478 e. The van der Waals surface area contributed by atoms with Crippen LogP contribution in [0.3, 0.4) is 0 Å². The average Bonchev–Trinajstić information content (AvgIpc) is 2.30. The van der Waals surface area contributed by atoms with Gasteiger partial charge in [0.05, 0.1) is 11.3 Å². The number of urea groups is 1. The van der Waals surface area contributed by atoms with Crippen molar-refractivity contribution in [2.24, 2.45) is 0 Å². The molecule has 2 amide bonds. The number of hydrogen-bond acceptors (Lipinski definition) is 2. The van der Waals surface area contributed by atoms with Gasteiger partial charge in [-0.25, -0.2) is 9.59 Å². The molecule has 0 radical (unpaired) electrons. The van der Waals surface area contributed by atoms with E-state index in [0.717, 1.165) is 6.42 Å². The molecule has 1 rings (SSSR count). The van der Waals surface area contributed by atoms with Crippen molar-refractivity contribution in [2.75, 3.05) is 5.32 Å². The molecule has 1 unspecified atom stereocenters. The smallest absolute Gasteiger partial charge is 0.337 e. The van der Waals surface area contributed by atoms with Crippen molar-refractivity contribution in [3.05, 3.63) is 28.8 Å². The number of benzene rings is 1. The summed E-state index contributed by atoms with van der Waals surface area (Å²) in [6.07, 6.45) is 0.791. The van der Waals surface area contributed by atoms with E-state index in [1.165, 1.54) is 18.2 Å². The van der Waals surface area contributed by atoms with E-state index in [1.807, 2.05) is 13.8 Å². The molecule has 18 heavy (non-hydrogen) atoms. The molecule has 98 valence electrons. The van der Waals surface area contributed by atoms with E-state index in [4.69, 9.17) is 16.7 Å².